The van der Waals surface area contributed by atoms with E-state index in [9.17, 15) is 0 Å². The van der Waals surface area contributed by atoms with Gasteiger partial charge in [0, 0.05) is 0 Å². The molecule has 2 rings (SSSR count). The Balaban J connectivity index is 0.00000115. The third-order valence-corrected chi connectivity index (χ3v) is 2.69. The summed E-state index contributed by atoms with van der Waals surface area (Å²) in [5, 5.41) is 0. The van der Waals surface area contributed by atoms with Gasteiger partial charge in [-0.1, -0.05) is 69.7 Å². The highest BCUT2D eigenvalue weighted by atomic mass is 16.5. The van der Waals surface area contributed by atoms with Crippen LogP contribution in [0.25, 0.3) is 0 Å². The normalized spacial score (nSPS) is 8.95. The molecule has 0 aliphatic heterocycles. The number of aryl methyl sites for hydroxylation is 1. The molecule has 0 aliphatic carbocycles. The van der Waals surface area contributed by atoms with Crippen molar-refractivity contribution in [1.29, 1.82) is 0 Å². The number of benzene rings is 2. The summed E-state index contributed by atoms with van der Waals surface area (Å²) in [5.74, 6) is 0.958. The van der Waals surface area contributed by atoms with E-state index in [2.05, 4.69) is 37.3 Å². The topological polar surface area (TPSA) is 44.2 Å². The summed E-state index contributed by atoms with van der Waals surface area (Å²) in [6, 6.07) is 18.6. The third kappa shape index (κ3) is 6.39. The van der Waals surface area contributed by atoms with Crippen molar-refractivity contribution >= 4 is 0 Å². The molecule has 0 spiro atoms. The molecule has 2 heteroatoms. The van der Waals surface area contributed by atoms with Crippen LogP contribution in [0, 0.1) is 0 Å². The van der Waals surface area contributed by atoms with Gasteiger partial charge in [0.2, 0.25) is 0 Å². The van der Waals surface area contributed by atoms with Gasteiger partial charge in [-0.15, -0.1) is 0 Å². The first-order valence-corrected chi connectivity index (χ1v) is 7.14. The molecule has 0 saturated carbocycles. The standard InChI is InChI=1S/C16H18O.C2H6.H3N/c1-2-7-14-10-6-11-16(12-14)17-13-15-8-4-3-5-9-15;1-2;/h3-6,8-12H,2,7,13H2,1H3;1-2H3;1H3. The van der Waals surface area contributed by atoms with Gasteiger partial charge >= 0.3 is 0 Å². The second-order valence-electron chi connectivity index (χ2n) is 4.17. The van der Waals surface area contributed by atoms with Crippen LogP contribution in [0.5, 0.6) is 5.75 Å². The lowest BCUT2D eigenvalue weighted by Crippen LogP contribution is -1.95. The van der Waals surface area contributed by atoms with Crippen LogP contribution < -0.4 is 10.9 Å². The fourth-order valence-electron chi connectivity index (χ4n) is 1.82. The van der Waals surface area contributed by atoms with Gasteiger partial charge in [0.05, 0.1) is 0 Å². The Bertz CT molecular complexity index is 454. The fourth-order valence-corrected chi connectivity index (χ4v) is 1.82. The van der Waals surface area contributed by atoms with Gasteiger partial charge in [-0.25, -0.2) is 0 Å². The Labute approximate surface area is 123 Å². The number of hydrogen-bond donors (Lipinski definition) is 1. The average Bonchev–Trinajstić information content (AvgIpc) is 2.49. The predicted octanol–water partition coefficient (Wildman–Crippen LogP) is 5.41. The number of ether oxygens (including phenoxy) is 1. The van der Waals surface area contributed by atoms with Crippen molar-refractivity contribution in [2.24, 2.45) is 0 Å². The molecular weight excluding hydrogens is 246 g/mol. The van der Waals surface area contributed by atoms with Crippen LogP contribution in [0.2, 0.25) is 0 Å². The van der Waals surface area contributed by atoms with Crippen molar-refractivity contribution in [2.45, 2.75) is 40.2 Å². The molecule has 0 saturated heterocycles. The van der Waals surface area contributed by atoms with Gasteiger partial charge in [-0.3, -0.25) is 0 Å². The molecule has 3 N–H and O–H groups in total. The van der Waals surface area contributed by atoms with Crippen molar-refractivity contribution in [2.75, 3.05) is 0 Å². The van der Waals surface area contributed by atoms with Crippen LogP contribution in [0.4, 0.5) is 0 Å². The highest BCUT2D eigenvalue weighted by Gasteiger charge is 1.97. The molecule has 0 aliphatic rings. The van der Waals surface area contributed by atoms with Gasteiger partial charge in [-0.05, 0) is 29.7 Å². The SMILES string of the molecule is CC.CCCc1cccc(OCc2ccccc2)c1.N. The Morgan fingerprint density at radius 2 is 1.50 bits per heavy atom. The summed E-state index contributed by atoms with van der Waals surface area (Å²) in [6.07, 6.45) is 2.28. The van der Waals surface area contributed by atoms with E-state index in [0.29, 0.717) is 6.61 Å². The summed E-state index contributed by atoms with van der Waals surface area (Å²) in [6.45, 7) is 6.83. The van der Waals surface area contributed by atoms with Crippen molar-refractivity contribution in [1.82, 2.24) is 6.15 Å². The molecule has 20 heavy (non-hydrogen) atoms. The number of hydrogen-bond acceptors (Lipinski definition) is 2. The third-order valence-electron chi connectivity index (χ3n) is 2.69. The minimum Gasteiger partial charge on any atom is -0.489 e. The highest BCUT2D eigenvalue weighted by molar-refractivity contribution is 5.29. The molecule has 0 aromatic heterocycles. The summed E-state index contributed by atoms with van der Waals surface area (Å²) >= 11 is 0. The van der Waals surface area contributed by atoms with Gasteiger partial charge in [-0.2, -0.15) is 0 Å². The van der Waals surface area contributed by atoms with Crippen LogP contribution in [0.3, 0.4) is 0 Å². The molecule has 2 aromatic carbocycles. The molecular formula is C18H27NO. The van der Waals surface area contributed by atoms with E-state index in [-0.39, 0.29) is 6.15 Å². The van der Waals surface area contributed by atoms with Crippen LogP contribution in [0.15, 0.2) is 54.6 Å². The molecule has 0 unspecified atom stereocenters. The molecule has 0 fully saturated rings. The molecule has 2 nitrogen and oxygen atoms in total. The van der Waals surface area contributed by atoms with E-state index >= 15 is 0 Å². The first-order valence-electron chi connectivity index (χ1n) is 7.14. The lowest BCUT2D eigenvalue weighted by molar-refractivity contribution is 0.306. The fraction of sp³-hybridized carbons (Fsp3) is 0.333. The Morgan fingerprint density at radius 1 is 0.850 bits per heavy atom. The van der Waals surface area contributed by atoms with E-state index in [0.717, 1.165) is 12.2 Å². The summed E-state index contributed by atoms with van der Waals surface area (Å²) < 4.78 is 5.78. The van der Waals surface area contributed by atoms with Gasteiger partial charge < -0.3 is 10.9 Å². The van der Waals surface area contributed by atoms with E-state index in [4.69, 9.17) is 4.74 Å². The minimum absolute atomic E-state index is 0. The monoisotopic (exact) mass is 273 g/mol. The molecule has 0 amide bonds. The molecule has 2 aromatic rings. The molecule has 0 heterocycles. The number of rotatable bonds is 5. The quantitative estimate of drug-likeness (QED) is 0.792. The van der Waals surface area contributed by atoms with Crippen LogP contribution in [-0.2, 0) is 13.0 Å². The Hall–Kier alpha value is -1.80. The van der Waals surface area contributed by atoms with E-state index in [1.807, 2.05) is 38.1 Å². The maximum absolute atomic E-state index is 5.78. The molecule has 110 valence electrons. The van der Waals surface area contributed by atoms with E-state index in [1.165, 1.54) is 17.5 Å². The highest BCUT2D eigenvalue weighted by Crippen LogP contribution is 2.16. The molecule has 0 bridgehead atoms. The van der Waals surface area contributed by atoms with Gasteiger partial charge in [0.15, 0.2) is 0 Å². The maximum atomic E-state index is 5.78. The van der Waals surface area contributed by atoms with Crippen molar-refractivity contribution in [3.05, 3.63) is 65.7 Å². The van der Waals surface area contributed by atoms with Crippen LogP contribution in [0.1, 0.15) is 38.3 Å². The summed E-state index contributed by atoms with van der Waals surface area (Å²) in [4.78, 5) is 0. The second kappa shape index (κ2) is 11.1. The van der Waals surface area contributed by atoms with Crippen molar-refractivity contribution in [3.63, 3.8) is 0 Å². The van der Waals surface area contributed by atoms with Crippen LogP contribution >= 0.6 is 0 Å². The van der Waals surface area contributed by atoms with Gasteiger partial charge in [0.25, 0.3) is 0 Å². The smallest absolute Gasteiger partial charge is 0.120 e. The van der Waals surface area contributed by atoms with E-state index in [1.54, 1.807) is 0 Å². The van der Waals surface area contributed by atoms with E-state index < -0.39 is 0 Å². The maximum Gasteiger partial charge on any atom is 0.120 e. The largest absolute Gasteiger partial charge is 0.489 e. The predicted molar refractivity (Wildman–Crippen MR) is 87.6 cm³/mol. The first kappa shape index (κ1) is 18.2. The Morgan fingerprint density at radius 3 is 2.15 bits per heavy atom. The summed E-state index contributed by atoms with van der Waals surface area (Å²) in [5.41, 5.74) is 2.55. The first-order chi connectivity index (χ1) is 9.38. The summed E-state index contributed by atoms with van der Waals surface area (Å²) in [7, 11) is 0. The average molecular weight is 273 g/mol. The van der Waals surface area contributed by atoms with Crippen molar-refractivity contribution in [3.8, 4) is 5.75 Å². The zero-order chi connectivity index (χ0) is 13.9. The van der Waals surface area contributed by atoms with Crippen molar-refractivity contribution < 1.29 is 4.74 Å². The zero-order valence-electron chi connectivity index (χ0n) is 12.9. The lowest BCUT2D eigenvalue weighted by Gasteiger charge is -2.07. The van der Waals surface area contributed by atoms with Gasteiger partial charge in [0.1, 0.15) is 12.4 Å². The molecule has 0 atom stereocenters. The lowest BCUT2D eigenvalue weighted by atomic mass is 10.1. The second-order valence-corrected chi connectivity index (χ2v) is 4.17. The minimum atomic E-state index is 0. The van der Waals surface area contributed by atoms with Crippen LogP contribution in [-0.4, -0.2) is 0 Å². The molecule has 0 radical (unpaired) electrons. The zero-order valence-corrected chi connectivity index (χ0v) is 12.9. The Kier molecular flexibility index (Phi) is 10.1.